The van der Waals surface area contributed by atoms with Gasteiger partial charge in [0.2, 0.25) is 18.9 Å². The van der Waals surface area contributed by atoms with Crippen molar-refractivity contribution in [2.45, 2.75) is 125 Å². The van der Waals surface area contributed by atoms with Gasteiger partial charge in [-0.05, 0) is 56.6 Å². The van der Waals surface area contributed by atoms with E-state index >= 15 is 0 Å². The lowest BCUT2D eigenvalue weighted by Crippen LogP contribution is -2.58. The number of carbonyl (C=O) groups is 1. The number of nitro groups is 2. The lowest BCUT2D eigenvalue weighted by Gasteiger charge is -2.42. The monoisotopic (exact) mass is 832 g/mol. The fourth-order valence-electron chi connectivity index (χ4n) is 6.42. The highest BCUT2D eigenvalue weighted by molar-refractivity contribution is 6.32. The van der Waals surface area contributed by atoms with Gasteiger partial charge in [-0.25, -0.2) is 0 Å². The number of esters is 1. The molecule has 18 heteroatoms. The molecule has 5 rings (SSSR count). The minimum atomic E-state index is -1.48. The molecule has 0 bridgehead atoms. The normalized spacial score (nSPS) is 35.4. The highest BCUT2D eigenvalue weighted by Gasteiger charge is 2.44. The number of nitro benzene ring substituents is 2. The predicted molar refractivity (Wildman–Crippen MR) is 205 cm³/mol. The zero-order valence-corrected chi connectivity index (χ0v) is 34.6. The van der Waals surface area contributed by atoms with Crippen LogP contribution in [-0.4, -0.2) is 86.6 Å². The first kappa shape index (κ1) is 47.0. The van der Waals surface area contributed by atoms with E-state index in [-0.39, 0.29) is 63.5 Å². The van der Waals surface area contributed by atoms with E-state index in [1.807, 2.05) is 13.8 Å². The molecule has 3 aliphatic heterocycles. The maximum Gasteiger partial charge on any atom is 0.304 e. The summed E-state index contributed by atoms with van der Waals surface area (Å²) in [7, 11) is 0. The molecule has 0 saturated carbocycles. The van der Waals surface area contributed by atoms with Crippen LogP contribution in [0.5, 0.6) is 11.5 Å². The molecule has 7 unspecified atom stereocenters. The SMILES string of the molecule is CC(=O)OC1OC(C)[C@@H](C)[C@H](C)C1C.CC1O[C@@H](Oc2ccc([N+](=O)[O-])cc2Cl)C(C)[C@@H](C)[C@@H]1C.CC1O[C@@H](Oc2ccc([N+](=O)[O-])cc2Cl)C(O)[C@@H](O)[C@@H]1O. The Morgan fingerprint density at radius 3 is 1.39 bits per heavy atom. The van der Waals surface area contributed by atoms with Crippen molar-refractivity contribution in [2.24, 2.45) is 35.5 Å². The van der Waals surface area contributed by atoms with Gasteiger partial charge in [0.05, 0.1) is 38.2 Å². The van der Waals surface area contributed by atoms with Crippen molar-refractivity contribution in [2.75, 3.05) is 0 Å². The summed E-state index contributed by atoms with van der Waals surface area (Å²) in [6, 6.07) is 7.73. The summed E-state index contributed by atoms with van der Waals surface area (Å²) in [6.07, 6.45) is -6.68. The Kier molecular flexibility index (Phi) is 17.1. The first-order valence-corrected chi connectivity index (χ1v) is 19.2. The molecular weight excluding hydrogens is 779 g/mol. The van der Waals surface area contributed by atoms with Crippen LogP contribution in [0.4, 0.5) is 11.4 Å². The number of hydrogen-bond acceptors (Lipinski definition) is 14. The molecule has 3 fully saturated rings. The maximum absolute atomic E-state index is 10.9. The summed E-state index contributed by atoms with van der Waals surface area (Å²) < 4.78 is 33.1. The van der Waals surface area contributed by atoms with Crippen LogP contribution in [0.15, 0.2) is 36.4 Å². The molecule has 3 aliphatic rings. The van der Waals surface area contributed by atoms with E-state index in [0.717, 1.165) is 6.07 Å². The first-order chi connectivity index (χ1) is 26.0. The van der Waals surface area contributed by atoms with Crippen molar-refractivity contribution in [3.63, 3.8) is 0 Å². The number of aliphatic hydroxyl groups excluding tert-OH is 3. The van der Waals surface area contributed by atoms with E-state index < -0.39 is 46.8 Å². The molecule has 314 valence electrons. The largest absolute Gasteiger partial charge is 0.463 e. The van der Waals surface area contributed by atoms with E-state index in [1.54, 1.807) is 0 Å². The molecule has 2 aromatic rings. The molecule has 0 radical (unpaired) electrons. The molecule has 3 N–H and O–H groups in total. The van der Waals surface area contributed by atoms with Crippen LogP contribution in [0, 0.1) is 55.7 Å². The van der Waals surface area contributed by atoms with Crippen LogP contribution in [0.25, 0.3) is 0 Å². The van der Waals surface area contributed by atoms with E-state index in [4.69, 9.17) is 51.6 Å². The van der Waals surface area contributed by atoms with Gasteiger partial charge in [-0.15, -0.1) is 0 Å². The van der Waals surface area contributed by atoms with Crippen LogP contribution in [0.1, 0.15) is 69.2 Å². The zero-order valence-electron chi connectivity index (χ0n) is 33.1. The highest BCUT2D eigenvalue weighted by atomic mass is 35.5. The maximum atomic E-state index is 10.9. The number of rotatable bonds is 7. The van der Waals surface area contributed by atoms with Gasteiger partial charge in [-0.3, -0.25) is 25.0 Å². The molecule has 3 heterocycles. The quantitative estimate of drug-likeness (QED) is 0.146. The summed E-state index contributed by atoms with van der Waals surface area (Å²) >= 11 is 11.9. The number of non-ortho nitro benzene ring substituents is 2. The van der Waals surface area contributed by atoms with Gasteiger partial charge in [0.1, 0.15) is 29.8 Å². The molecule has 16 nitrogen and oxygen atoms in total. The summed E-state index contributed by atoms with van der Waals surface area (Å²) in [5.74, 6) is 2.61. The van der Waals surface area contributed by atoms with E-state index in [2.05, 4.69) is 41.5 Å². The minimum absolute atomic E-state index is 0.0340. The number of ether oxygens (including phenoxy) is 6. The van der Waals surface area contributed by atoms with Crippen molar-refractivity contribution in [3.05, 3.63) is 66.7 Å². The van der Waals surface area contributed by atoms with E-state index in [9.17, 15) is 40.3 Å². The minimum Gasteiger partial charge on any atom is -0.463 e. The smallest absolute Gasteiger partial charge is 0.304 e. The molecule has 0 aromatic heterocycles. The Hall–Kier alpha value is -3.35. The van der Waals surface area contributed by atoms with Gasteiger partial charge in [0.15, 0.2) is 0 Å². The van der Waals surface area contributed by atoms with Crippen molar-refractivity contribution in [3.8, 4) is 11.5 Å². The second kappa shape index (κ2) is 20.4. The Balaban J connectivity index is 0.000000231. The standard InChI is InChI=1S/C15H20ClNO4.C12H14ClNO7.C11H20O3/c1-8-9(2)11(4)20-15(10(8)3)21-14-6-5-12(17(18)19)7-13(14)16;1-5-9(15)10(16)11(17)12(20-5)21-8-3-2-6(14(18)19)4-7(8)13;1-6-7(2)9(4)13-11(8(6)3)14-10(5)12/h5-11,15H,1-4H3;2-5,9-12,15-17H,1H3;6-9,11H,1-5H3/t8-,9-,10?,11?,15-;5?,9-,10+,11?,12+;6-,7-,8?,9?,11?/m010/s1. The summed E-state index contributed by atoms with van der Waals surface area (Å²) in [4.78, 5) is 31.1. The van der Waals surface area contributed by atoms with Gasteiger partial charge < -0.3 is 43.7 Å². The number of aliphatic hydroxyl groups is 3. The summed E-state index contributed by atoms with van der Waals surface area (Å²) in [5.41, 5.74) is -0.262. The third kappa shape index (κ3) is 11.8. The lowest BCUT2D eigenvalue weighted by atomic mass is 9.79. The van der Waals surface area contributed by atoms with E-state index in [1.165, 1.54) is 44.2 Å². The third-order valence-corrected chi connectivity index (χ3v) is 11.8. The summed E-state index contributed by atoms with van der Waals surface area (Å²) in [6.45, 7) is 19.9. The fourth-order valence-corrected chi connectivity index (χ4v) is 6.86. The van der Waals surface area contributed by atoms with Crippen molar-refractivity contribution in [1.29, 1.82) is 0 Å². The Morgan fingerprint density at radius 1 is 0.589 bits per heavy atom. The van der Waals surface area contributed by atoms with Crippen molar-refractivity contribution < 1.29 is 58.4 Å². The van der Waals surface area contributed by atoms with Gasteiger partial charge in [-0.2, -0.15) is 0 Å². The second-order valence-corrected chi connectivity index (χ2v) is 15.7. The van der Waals surface area contributed by atoms with Crippen molar-refractivity contribution >= 4 is 40.5 Å². The van der Waals surface area contributed by atoms with Crippen LogP contribution in [-0.2, 0) is 23.7 Å². The van der Waals surface area contributed by atoms with Gasteiger partial charge in [-0.1, -0.05) is 64.7 Å². The van der Waals surface area contributed by atoms with Gasteiger partial charge >= 0.3 is 5.97 Å². The molecule has 0 spiro atoms. The molecule has 15 atom stereocenters. The van der Waals surface area contributed by atoms with Gasteiger partial charge in [0, 0.05) is 43.0 Å². The molecular formula is C38H54Cl2N2O14. The number of halogens is 2. The topological polar surface area (TPSA) is 219 Å². The van der Waals surface area contributed by atoms with Crippen LogP contribution in [0.2, 0.25) is 10.0 Å². The number of benzene rings is 2. The Labute approximate surface area is 336 Å². The predicted octanol–water partition coefficient (Wildman–Crippen LogP) is 6.94. The third-order valence-electron chi connectivity index (χ3n) is 11.2. The van der Waals surface area contributed by atoms with Crippen LogP contribution < -0.4 is 9.47 Å². The molecule has 3 saturated heterocycles. The molecule has 56 heavy (non-hydrogen) atoms. The lowest BCUT2D eigenvalue weighted by molar-refractivity contribution is -0.385. The zero-order chi connectivity index (χ0) is 42.3. The van der Waals surface area contributed by atoms with Crippen molar-refractivity contribution in [1.82, 2.24) is 0 Å². The van der Waals surface area contributed by atoms with Crippen LogP contribution in [0.3, 0.4) is 0 Å². The highest BCUT2D eigenvalue weighted by Crippen LogP contribution is 2.38. The number of carbonyl (C=O) groups excluding carboxylic acids is 1. The Bertz CT molecular complexity index is 1560. The average molecular weight is 834 g/mol. The second-order valence-electron chi connectivity index (χ2n) is 14.8. The Morgan fingerprint density at radius 2 is 0.982 bits per heavy atom. The number of hydrogen-bond donors (Lipinski definition) is 3. The molecule has 0 aliphatic carbocycles. The first-order valence-electron chi connectivity index (χ1n) is 18.4. The number of nitrogens with zero attached hydrogens (tertiary/aromatic N) is 2. The van der Waals surface area contributed by atoms with E-state index in [0.29, 0.717) is 29.4 Å². The average Bonchev–Trinajstić information content (AvgIpc) is 3.14. The fraction of sp³-hybridized carbons (Fsp3) is 0.658. The van der Waals surface area contributed by atoms with Crippen LogP contribution >= 0.6 is 23.2 Å². The summed E-state index contributed by atoms with van der Waals surface area (Å²) in [5, 5.41) is 50.5. The molecule has 0 amide bonds. The van der Waals surface area contributed by atoms with Gasteiger partial charge in [0.25, 0.3) is 11.4 Å². The molecule has 2 aromatic carbocycles.